The van der Waals surface area contributed by atoms with Crippen LogP contribution in [0.5, 0.6) is 0 Å². The van der Waals surface area contributed by atoms with E-state index in [0.29, 0.717) is 0 Å². The lowest BCUT2D eigenvalue weighted by Gasteiger charge is -2.46. The van der Waals surface area contributed by atoms with Crippen molar-refractivity contribution in [2.24, 2.45) is 7.05 Å². The lowest BCUT2D eigenvalue weighted by atomic mass is 9.78. The van der Waals surface area contributed by atoms with Crippen LogP contribution in [0.4, 0.5) is 0 Å². The van der Waals surface area contributed by atoms with Crippen molar-refractivity contribution in [2.75, 3.05) is 0 Å². The summed E-state index contributed by atoms with van der Waals surface area (Å²) in [6.45, 7) is 0. The molecule has 8 heteroatoms. The number of halogens is 1. The quantitative estimate of drug-likeness (QED) is 0.657. The van der Waals surface area contributed by atoms with E-state index in [1.165, 1.54) is 16.4 Å². The van der Waals surface area contributed by atoms with Crippen LogP contribution in [0.15, 0.2) is 32.3 Å². The normalized spacial score (nSPS) is 29.3. The summed E-state index contributed by atoms with van der Waals surface area (Å²) in [6, 6.07) is 3.88. The Balaban J connectivity index is 2.18. The van der Waals surface area contributed by atoms with E-state index < -0.39 is 35.7 Å². The summed E-state index contributed by atoms with van der Waals surface area (Å²) in [4.78, 5) is 24.6. The molecule has 0 amide bonds. The molecule has 5 rings (SSSR count). The minimum Gasteiger partial charge on any atom is -0.388 e. The fourth-order valence-electron chi connectivity index (χ4n) is 3.47. The Morgan fingerprint density at radius 2 is 1.62 bits per heavy atom. The first-order chi connectivity index (χ1) is 9.95. The zero-order valence-corrected chi connectivity index (χ0v) is 12.6. The van der Waals surface area contributed by atoms with E-state index in [0.717, 1.165) is 20.2 Å². The second kappa shape index (κ2) is 3.96. The third-order valence-electron chi connectivity index (χ3n) is 4.42. The van der Waals surface area contributed by atoms with E-state index in [1.807, 2.05) is 6.07 Å². The van der Waals surface area contributed by atoms with Crippen LogP contribution in [0.1, 0.15) is 23.2 Å². The highest BCUT2D eigenvalue weighted by Gasteiger charge is 2.51. The molecule has 1 aliphatic carbocycles. The molecule has 0 radical (unpaired) electrons. The summed E-state index contributed by atoms with van der Waals surface area (Å²) >= 11 is 3.43. The molecule has 2 aliphatic heterocycles. The van der Waals surface area contributed by atoms with Gasteiger partial charge in [-0.2, -0.15) is 0 Å². The Hall–Kier alpha value is -1.64. The van der Waals surface area contributed by atoms with Gasteiger partial charge >= 0.3 is 11.4 Å². The molecule has 3 aliphatic rings. The number of rotatable bonds is 0. The molecule has 21 heavy (non-hydrogen) atoms. The van der Waals surface area contributed by atoms with E-state index in [-0.39, 0.29) is 0 Å². The SMILES string of the molecule is Cn1c(=O)n2n(c1=O)C1c3c(Br)cccc3C2C(O)C1O. The number of aromatic nitrogens is 3. The van der Waals surface area contributed by atoms with Crippen molar-refractivity contribution < 1.29 is 10.2 Å². The second-order valence-corrected chi connectivity index (χ2v) is 6.28. The molecule has 1 aromatic carbocycles. The van der Waals surface area contributed by atoms with Gasteiger partial charge in [0.2, 0.25) is 0 Å². The van der Waals surface area contributed by atoms with Crippen LogP contribution in [0.25, 0.3) is 0 Å². The topological polar surface area (TPSA) is 89.4 Å². The van der Waals surface area contributed by atoms with Crippen molar-refractivity contribution in [3.8, 4) is 0 Å². The van der Waals surface area contributed by atoms with Crippen LogP contribution in [0.2, 0.25) is 0 Å². The Bertz CT molecular complexity index is 881. The second-order valence-electron chi connectivity index (χ2n) is 5.43. The monoisotopic (exact) mass is 353 g/mol. The summed E-state index contributed by atoms with van der Waals surface area (Å²) in [5.41, 5.74) is 0.502. The Morgan fingerprint density at radius 3 is 2.29 bits per heavy atom. The summed E-state index contributed by atoms with van der Waals surface area (Å²) in [5.74, 6) is 0. The van der Waals surface area contributed by atoms with Gasteiger partial charge in [0.1, 0.15) is 24.3 Å². The Labute approximate surface area is 126 Å². The minimum absolute atomic E-state index is 0.494. The maximum atomic E-state index is 12.3. The number of hydrogen-bond donors (Lipinski definition) is 2. The van der Waals surface area contributed by atoms with Gasteiger partial charge in [0, 0.05) is 11.5 Å². The van der Waals surface area contributed by atoms with Gasteiger partial charge in [-0.15, -0.1) is 0 Å². The van der Waals surface area contributed by atoms with Crippen molar-refractivity contribution in [1.29, 1.82) is 0 Å². The van der Waals surface area contributed by atoms with E-state index >= 15 is 0 Å². The van der Waals surface area contributed by atoms with Crippen LogP contribution in [0, 0.1) is 0 Å². The highest BCUT2D eigenvalue weighted by atomic mass is 79.9. The number of benzene rings is 1. The first-order valence-corrected chi connectivity index (χ1v) is 7.29. The fraction of sp³-hybridized carbons (Fsp3) is 0.385. The first-order valence-electron chi connectivity index (χ1n) is 6.49. The summed E-state index contributed by atoms with van der Waals surface area (Å²) < 4.78 is 4.23. The molecular formula is C13H12BrN3O4. The molecule has 4 unspecified atom stereocenters. The minimum atomic E-state index is -1.14. The highest BCUT2D eigenvalue weighted by Crippen LogP contribution is 2.46. The number of hydrogen-bond acceptors (Lipinski definition) is 4. The maximum Gasteiger partial charge on any atom is 0.347 e. The van der Waals surface area contributed by atoms with Crippen molar-refractivity contribution in [1.82, 2.24) is 13.9 Å². The molecular weight excluding hydrogens is 342 g/mol. The van der Waals surface area contributed by atoms with Gasteiger partial charge in [-0.25, -0.2) is 23.5 Å². The van der Waals surface area contributed by atoms with Crippen LogP contribution in [-0.2, 0) is 7.05 Å². The molecule has 7 nitrogen and oxygen atoms in total. The van der Waals surface area contributed by atoms with Crippen molar-refractivity contribution >= 4 is 15.9 Å². The summed E-state index contributed by atoms with van der Waals surface area (Å²) in [5, 5.41) is 20.7. The molecule has 3 heterocycles. The molecule has 1 aromatic heterocycles. The summed E-state index contributed by atoms with van der Waals surface area (Å²) in [6.07, 6.45) is -2.27. The average Bonchev–Trinajstić information content (AvgIpc) is 2.69. The predicted molar refractivity (Wildman–Crippen MR) is 76.4 cm³/mol. The molecule has 0 saturated heterocycles. The number of nitrogens with zero attached hydrogens (tertiary/aromatic N) is 3. The van der Waals surface area contributed by atoms with Crippen LogP contribution in [0.3, 0.4) is 0 Å². The predicted octanol–water partition coefficient (Wildman–Crippen LogP) is -0.661. The third kappa shape index (κ3) is 1.35. The van der Waals surface area contributed by atoms with Gasteiger partial charge in [-0.3, -0.25) is 0 Å². The van der Waals surface area contributed by atoms with Gasteiger partial charge in [0.15, 0.2) is 0 Å². The number of aliphatic hydroxyl groups excluding tert-OH is 2. The average molecular weight is 354 g/mol. The molecule has 2 N–H and O–H groups in total. The van der Waals surface area contributed by atoms with Gasteiger partial charge in [0.05, 0.1) is 0 Å². The molecule has 2 aromatic rings. The van der Waals surface area contributed by atoms with E-state index in [2.05, 4.69) is 15.9 Å². The highest BCUT2D eigenvalue weighted by molar-refractivity contribution is 9.10. The fourth-order valence-corrected chi connectivity index (χ4v) is 4.09. The summed E-state index contributed by atoms with van der Waals surface area (Å²) in [7, 11) is 1.39. The van der Waals surface area contributed by atoms with Gasteiger partial charge in [-0.1, -0.05) is 28.1 Å². The molecule has 2 bridgehead atoms. The van der Waals surface area contributed by atoms with Gasteiger partial charge < -0.3 is 10.2 Å². The molecule has 110 valence electrons. The van der Waals surface area contributed by atoms with Gasteiger partial charge in [-0.05, 0) is 17.2 Å². The molecule has 0 fully saturated rings. The molecule has 4 atom stereocenters. The number of fused-ring (bicyclic) bond motifs is 1. The third-order valence-corrected chi connectivity index (χ3v) is 5.11. The lowest BCUT2D eigenvalue weighted by molar-refractivity contribution is -0.0714. The van der Waals surface area contributed by atoms with Crippen LogP contribution >= 0.6 is 15.9 Å². The first kappa shape index (κ1) is 13.1. The zero-order valence-electron chi connectivity index (χ0n) is 11.0. The maximum absolute atomic E-state index is 12.3. The van der Waals surface area contributed by atoms with Crippen LogP contribution < -0.4 is 11.4 Å². The molecule has 0 spiro atoms. The van der Waals surface area contributed by atoms with E-state index in [4.69, 9.17) is 0 Å². The van der Waals surface area contributed by atoms with Crippen molar-refractivity contribution in [2.45, 2.75) is 24.3 Å². The Kier molecular flexibility index (Phi) is 2.46. The van der Waals surface area contributed by atoms with E-state index in [1.54, 1.807) is 12.1 Å². The molecule has 0 saturated carbocycles. The van der Waals surface area contributed by atoms with Crippen LogP contribution in [-0.4, -0.2) is 36.4 Å². The van der Waals surface area contributed by atoms with Crippen molar-refractivity contribution in [3.05, 3.63) is 54.8 Å². The van der Waals surface area contributed by atoms with Gasteiger partial charge in [0.25, 0.3) is 0 Å². The standard InChI is InChI=1S/C13H12BrN3O4/c1-15-12(20)16-8-5-3-2-4-6(14)7(5)9(11(19)10(8)18)17(16)13(15)21/h2-4,8-11,18-19H,1H3. The number of aliphatic hydroxyl groups is 2. The van der Waals surface area contributed by atoms with Crippen molar-refractivity contribution in [3.63, 3.8) is 0 Å². The Morgan fingerprint density at radius 1 is 1.05 bits per heavy atom. The van der Waals surface area contributed by atoms with E-state index in [9.17, 15) is 19.8 Å². The zero-order chi connectivity index (χ0) is 15.0. The smallest absolute Gasteiger partial charge is 0.347 e. The lowest BCUT2D eigenvalue weighted by Crippen LogP contribution is -2.57. The largest absolute Gasteiger partial charge is 0.388 e.